The summed E-state index contributed by atoms with van der Waals surface area (Å²) in [6.07, 6.45) is 1.26. The van der Waals surface area contributed by atoms with Gasteiger partial charge < -0.3 is 9.92 Å². The Morgan fingerprint density at radius 3 is 2.44 bits per heavy atom. The van der Waals surface area contributed by atoms with Gasteiger partial charge in [-0.3, -0.25) is 4.79 Å². The highest BCUT2D eigenvalue weighted by Gasteiger charge is 2.17. The fraction of sp³-hybridized carbons (Fsp3) is 0. The zero-order valence-electron chi connectivity index (χ0n) is 14.0. The summed E-state index contributed by atoms with van der Waals surface area (Å²) >= 11 is 0. The molecule has 2 N–H and O–H groups in total. The maximum Gasteiger partial charge on any atom is 0.339 e. The molecule has 0 spiro atoms. The van der Waals surface area contributed by atoms with Crippen molar-refractivity contribution in [2.24, 2.45) is 5.73 Å². The van der Waals surface area contributed by atoms with Gasteiger partial charge in [-0.25, -0.2) is 0 Å². The fourth-order valence-corrected chi connectivity index (χ4v) is 3.44. The Morgan fingerprint density at radius 2 is 1.74 bits per heavy atom. The second-order valence-corrected chi connectivity index (χ2v) is 7.20. The molecule has 134 valence electrons. The molecule has 0 aliphatic heterocycles. The van der Waals surface area contributed by atoms with Crippen molar-refractivity contribution in [3.05, 3.63) is 77.9 Å². The molecular formula is C20H14N2O4S. The molecule has 0 aromatic heterocycles. The molecule has 0 fully saturated rings. The number of rotatable bonds is 5. The molecule has 0 unspecified atom stereocenters. The molecule has 27 heavy (non-hydrogen) atoms. The van der Waals surface area contributed by atoms with Crippen molar-refractivity contribution in [3.8, 4) is 11.8 Å². The van der Waals surface area contributed by atoms with Gasteiger partial charge in [-0.15, -0.1) is 0 Å². The number of hydrogen-bond donors (Lipinski definition) is 1. The first kappa shape index (κ1) is 18.2. The maximum absolute atomic E-state index is 12.6. The van der Waals surface area contributed by atoms with E-state index in [0.29, 0.717) is 5.56 Å². The van der Waals surface area contributed by atoms with Crippen LogP contribution in [0.5, 0.6) is 5.75 Å². The van der Waals surface area contributed by atoms with Crippen molar-refractivity contribution in [2.75, 3.05) is 0 Å². The average Bonchev–Trinajstić information content (AvgIpc) is 2.65. The minimum atomic E-state index is -4.05. The van der Waals surface area contributed by atoms with Crippen LogP contribution in [0.25, 0.3) is 16.8 Å². The second kappa shape index (κ2) is 7.32. The minimum Gasteiger partial charge on any atom is -0.379 e. The number of hydrogen-bond acceptors (Lipinski definition) is 5. The summed E-state index contributed by atoms with van der Waals surface area (Å²) in [6.45, 7) is 0. The molecule has 0 saturated carbocycles. The predicted molar refractivity (Wildman–Crippen MR) is 101 cm³/mol. The maximum atomic E-state index is 12.6. The predicted octanol–water partition coefficient (Wildman–Crippen LogP) is 3.00. The Hall–Kier alpha value is -3.63. The summed E-state index contributed by atoms with van der Waals surface area (Å²) in [5.41, 5.74) is 5.27. The van der Waals surface area contributed by atoms with Crippen molar-refractivity contribution in [2.45, 2.75) is 4.90 Å². The van der Waals surface area contributed by atoms with Gasteiger partial charge >= 0.3 is 10.1 Å². The number of nitriles is 1. The number of benzene rings is 3. The molecular weight excluding hydrogens is 364 g/mol. The van der Waals surface area contributed by atoms with Gasteiger partial charge in [0.1, 0.15) is 22.3 Å². The monoisotopic (exact) mass is 378 g/mol. The molecule has 0 heterocycles. The van der Waals surface area contributed by atoms with E-state index in [9.17, 15) is 13.2 Å². The zero-order chi connectivity index (χ0) is 19.4. The lowest BCUT2D eigenvalue weighted by Crippen LogP contribution is -2.12. The van der Waals surface area contributed by atoms with E-state index >= 15 is 0 Å². The molecule has 0 radical (unpaired) electrons. The van der Waals surface area contributed by atoms with E-state index < -0.39 is 16.0 Å². The molecule has 0 aliphatic rings. The Labute approximate surface area is 156 Å². The second-order valence-electron chi connectivity index (χ2n) is 5.65. The number of amides is 1. The quantitative estimate of drug-likeness (QED) is 0.417. The summed E-state index contributed by atoms with van der Waals surface area (Å²) in [6, 6.07) is 19.8. The van der Waals surface area contributed by atoms with E-state index in [1.165, 1.54) is 30.3 Å². The topological polar surface area (TPSA) is 110 Å². The summed E-state index contributed by atoms with van der Waals surface area (Å²) in [5.74, 6) is -0.814. The highest BCUT2D eigenvalue weighted by atomic mass is 32.2. The smallest absolute Gasteiger partial charge is 0.339 e. The van der Waals surface area contributed by atoms with Gasteiger partial charge in [-0.05, 0) is 46.7 Å². The number of nitrogens with zero attached hydrogens (tertiary/aromatic N) is 1. The lowest BCUT2D eigenvalue weighted by Gasteiger charge is -2.08. The Morgan fingerprint density at radius 1 is 1.00 bits per heavy atom. The molecule has 7 heteroatoms. The van der Waals surface area contributed by atoms with Gasteiger partial charge in [0.15, 0.2) is 0 Å². The van der Waals surface area contributed by atoms with Gasteiger partial charge in [0.05, 0.1) is 0 Å². The van der Waals surface area contributed by atoms with E-state index in [2.05, 4.69) is 0 Å². The standard InChI is InChI=1S/C20H14N2O4S/c21-13-17(20(22)23)10-14-4-3-7-18(11-14)26-27(24,25)19-9-8-15-5-1-2-6-16(15)12-19/h1-12H,(H2,22,23)/b17-10+. The highest BCUT2D eigenvalue weighted by molar-refractivity contribution is 7.87. The Balaban J connectivity index is 1.92. The molecule has 3 aromatic carbocycles. The van der Waals surface area contributed by atoms with Crippen LogP contribution in [0.2, 0.25) is 0 Å². The number of carbonyl (C=O) groups excluding carboxylic acids is 1. The van der Waals surface area contributed by atoms with Crippen molar-refractivity contribution in [1.82, 2.24) is 0 Å². The Bertz CT molecular complexity index is 1210. The number of nitrogens with two attached hydrogens (primary N) is 1. The van der Waals surface area contributed by atoms with Crippen LogP contribution in [0.4, 0.5) is 0 Å². The van der Waals surface area contributed by atoms with E-state index in [4.69, 9.17) is 15.2 Å². The summed E-state index contributed by atoms with van der Waals surface area (Å²) in [4.78, 5) is 11.2. The third-order valence-electron chi connectivity index (χ3n) is 3.77. The third kappa shape index (κ3) is 4.14. The zero-order valence-corrected chi connectivity index (χ0v) is 14.8. The first-order chi connectivity index (χ1) is 12.9. The van der Waals surface area contributed by atoms with E-state index in [0.717, 1.165) is 10.8 Å². The van der Waals surface area contributed by atoms with Gasteiger partial charge in [0, 0.05) is 0 Å². The number of carbonyl (C=O) groups is 1. The van der Waals surface area contributed by atoms with Crippen LogP contribution in [0.3, 0.4) is 0 Å². The summed E-state index contributed by atoms with van der Waals surface area (Å²) in [5, 5.41) is 10.6. The normalized spacial score (nSPS) is 11.7. The average molecular weight is 378 g/mol. The first-order valence-corrected chi connectivity index (χ1v) is 9.25. The number of primary amides is 1. The molecule has 0 saturated heterocycles. The first-order valence-electron chi connectivity index (χ1n) is 7.84. The van der Waals surface area contributed by atoms with E-state index in [1.807, 2.05) is 24.3 Å². The van der Waals surface area contributed by atoms with Gasteiger partial charge in [-0.1, -0.05) is 42.5 Å². The lowest BCUT2D eigenvalue weighted by atomic mass is 10.1. The SMILES string of the molecule is N#C/C(=C\c1cccc(OS(=O)(=O)c2ccc3ccccc3c2)c1)C(N)=O. The molecule has 0 aliphatic carbocycles. The highest BCUT2D eigenvalue weighted by Crippen LogP contribution is 2.24. The molecule has 3 aromatic rings. The van der Waals surface area contributed by atoms with Crippen LogP contribution in [-0.2, 0) is 14.9 Å². The van der Waals surface area contributed by atoms with Crippen LogP contribution in [0, 0.1) is 11.3 Å². The molecule has 0 bridgehead atoms. The largest absolute Gasteiger partial charge is 0.379 e. The van der Waals surface area contributed by atoms with Crippen LogP contribution in [-0.4, -0.2) is 14.3 Å². The van der Waals surface area contributed by atoms with Crippen molar-refractivity contribution < 1.29 is 17.4 Å². The third-order valence-corrected chi connectivity index (χ3v) is 5.01. The Kier molecular flexibility index (Phi) is 4.92. The van der Waals surface area contributed by atoms with E-state index in [-0.39, 0.29) is 16.2 Å². The van der Waals surface area contributed by atoms with Crippen molar-refractivity contribution >= 4 is 32.9 Å². The summed E-state index contributed by atoms with van der Waals surface area (Å²) in [7, 11) is -4.05. The molecule has 0 atom stereocenters. The summed E-state index contributed by atoms with van der Waals surface area (Å²) < 4.78 is 30.4. The van der Waals surface area contributed by atoms with Crippen molar-refractivity contribution in [1.29, 1.82) is 5.26 Å². The van der Waals surface area contributed by atoms with Crippen LogP contribution < -0.4 is 9.92 Å². The van der Waals surface area contributed by atoms with Gasteiger partial charge in [-0.2, -0.15) is 13.7 Å². The molecule has 3 rings (SSSR count). The number of fused-ring (bicyclic) bond motifs is 1. The van der Waals surface area contributed by atoms with Crippen LogP contribution in [0.1, 0.15) is 5.56 Å². The van der Waals surface area contributed by atoms with Crippen LogP contribution in [0.15, 0.2) is 77.2 Å². The van der Waals surface area contributed by atoms with Gasteiger partial charge in [0.2, 0.25) is 0 Å². The molecule has 1 amide bonds. The van der Waals surface area contributed by atoms with Gasteiger partial charge in [0.25, 0.3) is 5.91 Å². The lowest BCUT2D eigenvalue weighted by molar-refractivity contribution is -0.114. The fourth-order valence-electron chi connectivity index (χ4n) is 2.48. The van der Waals surface area contributed by atoms with Crippen LogP contribution >= 0.6 is 0 Å². The van der Waals surface area contributed by atoms with E-state index in [1.54, 1.807) is 24.3 Å². The molecule has 6 nitrogen and oxygen atoms in total. The van der Waals surface area contributed by atoms with Crippen molar-refractivity contribution in [3.63, 3.8) is 0 Å². The minimum absolute atomic E-state index is 0.0250.